The third kappa shape index (κ3) is 3.14. The van der Waals surface area contributed by atoms with E-state index in [1.807, 2.05) is 0 Å². The van der Waals surface area contributed by atoms with Crippen LogP contribution in [-0.2, 0) is 9.84 Å². The molecule has 5 nitrogen and oxygen atoms in total. The average Bonchev–Trinajstić information content (AvgIpc) is 2.35. The van der Waals surface area contributed by atoms with Gasteiger partial charge in [0.05, 0.1) is 25.6 Å². The summed E-state index contributed by atoms with van der Waals surface area (Å²) in [6, 6.07) is 4.89. The number of methoxy groups -OCH3 is 2. The number of ether oxygens (including phenoxy) is 2. The molecule has 0 aromatic heterocycles. The third-order valence-electron chi connectivity index (χ3n) is 2.88. The van der Waals surface area contributed by atoms with E-state index < -0.39 is 21.2 Å². The molecule has 0 heterocycles. The quantitative estimate of drug-likeness (QED) is 0.872. The van der Waals surface area contributed by atoms with Crippen molar-refractivity contribution in [1.82, 2.24) is 0 Å². The summed E-state index contributed by atoms with van der Waals surface area (Å²) < 4.78 is 33.1. The van der Waals surface area contributed by atoms with Gasteiger partial charge in [0.1, 0.15) is 11.5 Å². The van der Waals surface area contributed by atoms with E-state index in [0.717, 1.165) is 6.26 Å². The van der Waals surface area contributed by atoms with E-state index in [4.69, 9.17) is 9.47 Å². The maximum Gasteiger partial charge on any atom is 0.152 e. The Balaban J connectivity index is 3.22. The van der Waals surface area contributed by atoms with Crippen molar-refractivity contribution < 1.29 is 23.0 Å². The molecule has 0 radical (unpaired) electrons. The Morgan fingerprint density at radius 1 is 1.22 bits per heavy atom. The first kappa shape index (κ1) is 14.8. The predicted octanol–water partition coefficient (Wildman–Crippen LogP) is 1.17. The van der Waals surface area contributed by atoms with Gasteiger partial charge in [0.25, 0.3) is 0 Å². The number of hydrogen-bond donors (Lipinski definition) is 1. The van der Waals surface area contributed by atoms with Crippen molar-refractivity contribution in [2.45, 2.75) is 18.3 Å². The molecule has 2 unspecified atom stereocenters. The van der Waals surface area contributed by atoms with Crippen molar-refractivity contribution in [3.8, 4) is 11.5 Å². The van der Waals surface area contributed by atoms with Crippen LogP contribution in [0.1, 0.15) is 18.6 Å². The molecule has 2 atom stereocenters. The summed E-state index contributed by atoms with van der Waals surface area (Å²) in [5, 5.41) is 9.22. The van der Waals surface area contributed by atoms with E-state index in [-0.39, 0.29) is 0 Å². The predicted molar refractivity (Wildman–Crippen MR) is 68.8 cm³/mol. The molecule has 6 heteroatoms. The average molecular weight is 274 g/mol. The molecule has 0 saturated heterocycles. The highest BCUT2D eigenvalue weighted by Gasteiger charge is 2.28. The van der Waals surface area contributed by atoms with E-state index in [2.05, 4.69) is 0 Å². The van der Waals surface area contributed by atoms with E-state index in [1.165, 1.54) is 21.1 Å². The molecule has 1 aromatic rings. The molecule has 1 aromatic carbocycles. The van der Waals surface area contributed by atoms with Gasteiger partial charge in [-0.3, -0.25) is 0 Å². The summed E-state index contributed by atoms with van der Waals surface area (Å²) in [4.78, 5) is 0. The summed E-state index contributed by atoms with van der Waals surface area (Å²) in [7, 11) is -0.382. The largest absolute Gasteiger partial charge is 0.497 e. The first-order valence-corrected chi connectivity index (χ1v) is 7.35. The van der Waals surface area contributed by atoms with Gasteiger partial charge in [-0.15, -0.1) is 0 Å². The lowest BCUT2D eigenvalue weighted by Gasteiger charge is -2.20. The maximum absolute atomic E-state index is 11.5. The van der Waals surface area contributed by atoms with Crippen LogP contribution in [0.5, 0.6) is 11.5 Å². The number of aliphatic hydroxyl groups excluding tert-OH is 1. The van der Waals surface area contributed by atoms with Gasteiger partial charge in [0.2, 0.25) is 0 Å². The topological polar surface area (TPSA) is 72.8 Å². The number of sulfone groups is 1. The van der Waals surface area contributed by atoms with Gasteiger partial charge < -0.3 is 14.6 Å². The lowest BCUT2D eigenvalue weighted by Crippen LogP contribution is -2.24. The van der Waals surface area contributed by atoms with E-state index in [9.17, 15) is 13.5 Å². The van der Waals surface area contributed by atoms with Crippen molar-refractivity contribution in [1.29, 1.82) is 0 Å². The lowest BCUT2D eigenvalue weighted by atomic mass is 10.1. The highest BCUT2D eigenvalue weighted by Crippen LogP contribution is 2.32. The fourth-order valence-corrected chi connectivity index (χ4v) is 2.17. The van der Waals surface area contributed by atoms with Gasteiger partial charge in [0.15, 0.2) is 9.84 Å². The number of aliphatic hydroxyl groups is 1. The van der Waals surface area contributed by atoms with E-state index in [0.29, 0.717) is 17.1 Å². The van der Waals surface area contributed by atoms with Crippen LogP contribution in [-0.4, -0.2) is 39.2 Å². The molecule has 0 bridgehead atoms. The van der Waals surface area contributed by atoms with Gasteiger partial charge in [-0.1, -0.05) is 0 Å². The van der Waals surface area contributed by atoms with Crippen LogP contribution in [0.25, 0.3) is 0 Å². The molecule has 0 aliphatic carbocycles. The Hall–Kier alpha value is -1.27. The monoisotopic (exact) mass is 274 g/mol. The van der Waals surface area contributed by atoms with E-state index in [1.54, 1.807) is 18.2 Å². The fourth-order valence-electron chi connectivity index (χ4n) is 1.56. The molecule has 1 N–H and O–H groups in total. The summed E-state index contributed by atoms with van der Waals surface area (Å²) in [6.07, 6.45) is -0.0712. The van der Waals surface area contributed by atoms with Crippen LogP contribution in [0.4, 0.5) is 0 Å². The van der Waals surface area contributed by atoms with Crippen LogP contribution < -0.4 is 9.47 Å². The molecule has 0 spiro atoms. The SMILES string of the molecule is COc1ccc(OC)c(C(O)C(C)S(C)(=O)=O)c1. The molecule has 0 amide bonds. The smallest absolute Gasteiger partial charge is 0.152 e. The van der Waals surface area contributed by atoms with Crippen molar-refractivity contribution in [2.24, 2.45) is 0 Å². The minimum atomic E-state index is -3.34. The Labute approximate surface area is 107 Å². The lowest BCUT2D eigenvalue weighted by molar-refractivity contribution is 0.171. The molecule has 0 saturated carbocycles. The minimum Gasteiger partial charge on any atom is -0.497 e. The second-order valence-corrected chi connectivity index (χ2v) is 6.49. The fraction of sp³-hybridized carbons (Fsp3) is 0.500. The summed E-state index contributed by atoms with van der Waals surface area (Å²) in [5.74, 6) is 0.962. The zero-order chi connectivity index (χ0) is 13.9. The first-order valence-electron chi connectivity index (χ1n) is 5.40. The number of rotatable bonds is 5. The van der Waals surface area contributed by atoms with Crippen molar-refractivity contribution in [3.05, 3.63) is 23.8 Å². The maximum atomic E-state index is 11.5. The Morgan fingerprint density at radius 2 is 1.83 bits per heavy atom. The molecule has 0 aliphatic rings. The molecule has 102 valence electrons. The van der Waals surface area contributed by atoms with Crippen LogP contribution in [0, 0.1) is 0 Å². The van der Waals surface area contributed by atoms with Gasteiger partial charge >= 0.3 is 0 Å². The summed E-state index contributed by atoms with van der Waals surface area (Å²) >= 11 is 0. The summed E-state index contributed by atoms with van der Waals surface area (Å²) in [5.41, 5.74) is 0.398. The first-order chi connectivity index (χ1) is 8.31. The highest BCUT2D eigenvalue weighted by atomic mass is 32.2. The molecular weight excluding hydrogens is 256 g/mol. The van der Waals surface area contributed by atoms with Gasteiger partial charge in [-0.2, -0.15) is 0 Å². The zero-order valence-corrected chi connectivity index (χ0v) is 11.7. The normalized spacial score (nSPS) is 14.9. The van der Waals surface area contributed by atoms with E-state index >= 15 is 0 Å². The third-order valence-corrected chi connectivity index (χ3v) is 4.48. The van der Waals surface area contributed by atoms with Crippen LogP contribution in [0.3, 0.4) is 0 Å². The molecule has 18 heavy (non-hydrogen) atoms. The van der Waals surface area contributed by atoms with Crippen LogP contribution >= 0.6 is 0 Å². The molecule has 1 rings (SSSR count). The van der Waals surface area contributed by atoms with Gasteiger partial charge in [-0.25, -0.2) is 8.42 Å². The number of benzene rings is 1. The number of hydrogen-bond acceptors (Lipinski definition) is 5. The van der Waals surface area contributed by atoms with Crippen molar-refractivity contribution in [2.75, 3.05) is 20.5 Å². The Bertz CT molecular complexity index is 509. The van der Waals surface area contributed by atoms with Gasteiger partial charge in [-0.05, 0) is 25.1 Å². The Morgan fingerprint density at radius 3 is 2.28 bits per heavy atom. The molecule has 0 aliphatic heterocycles. The second-order valence-electron chi connectivity index (χ2n) is 4.09. The van der Waals surface area contributed by atoms with Crippen molar-refractivity contribution in [3.63, 3.8) is 0 Å². The van der Waals surface area contributed by atoms with Gasteiger partial charge in [0, 0.05) is 11.8 Å². The zero-order valence-electron chi connectivity index (χ0n) is 10.9. The summed E-state index contributed by atoms with van der Waals surface area (Å²) in [6.45, 7) is 1.46. The standard InChI is InChI=1S/C12H18O5S/c1-8(18(4,14)15)12(13)10-7-9(16-2)5-6-11(10)17-3/h5-8,12-13H,1-4H3. The molecular formula is C12H18O5S. The Kier molecular flexibility index (Phi) is 4.59. The van der Waals surface area contributed by atoms with Crippen LogP contribution in [0.2, 0.25) is 0 Å². The second kappa shape index (κ2) is 5.58. The van der Waals surface area contributed by atoms with Crippen LogP contribution in [0.15, 0.2) is 18.2 Å². The molecule has 0 fully saturated rings. The van der Waals surface area contributed by atoms with Crippen molar-refractivity contribution >= 4 is 9.84 Å². The highest BCUT2D eigenvalue weighted by molar-refractivity contribution is 7.91. The minimum absolute atomic E-state index is 0.398.